The lowest BCUT2D eigenvalue weighted by molar-refractivity contribution is 0.468. The normalized spacial score (nSPS) is 21.0. The largest absolute Gasteiger partial charge is 0.243 e. The monoisotopic (exact) mass is 395 g/mol. The Bertz CT molecular complexity index is 930. The lowest BCUT2D eigenvalue weighted by Crippen LogP contribution is -2.29. The van der Waals surface area contributed by atoms with E-state index in [1.807, 2.05) is 43.3 Å². The van der Waals surface area contributed by atoms with Gasteiger partial charge in [-0.3, -0.25) is 0 Å². The summed E-state index contributed by atoms with van der Waals surface area (Å²) in [7, 11) is -3.51. The van der Waals surface area contributed by atoms with Gasteiger partial charge in [-0.2, -0.15) is 4.31 Å². The van der Waals surface area contributed by atoms with E-state index in [0.29, 0.717) is 18.0 Å². The van der Waals surface area contributed by atoms with Gasteiger partial charge in [-0.15, -0.1) is 6.58 Å². The number of hydrogen-bond acceptors (Lipinski definition) is 2. The third-order valence-corrected chi connectivity index (χ3v) is 7.30. The molecule has 0 aromatic heterocycles. The van der Waals surface area contributed by atoms with Crippen LogP contribution in [0.3, 0.4) is 0 Å². The number of unbranched alkanes of at least 4 members (excludes halogenated alkanes) is 1. The number of benzene rings is 2. The van der Waals surface area contributed by atoms with Gasteiger partial charge in [-0.1, -0.05) is 73.5 Å². The summed E-state index contributed by atoms with van der Waals surface area (Å²) in [5.74, 6) is 0.218. The van der Waals surface area contributed by atoms with E-state index in [1.54, 1.807) is 16.4 Å². The van der Waals surface area contributed by atoms with Crippen LogP contribution in [0.5, 0.6) is 0 Å². The molecule has 3 rings (SSSR count). The number of aryl methyl sites for hydroxylation is 1. The summed E-state index contributed by atoms with van der Waals surface area (Å²) in [6, 6.07) is 17.4. The molecule has 1 fully saturated rings. The van der Waals surface area contributed by atoms with E-state index >= 15 is 0 Å². The molecule has 3 nitrogen and oxygen atoms in total. The zero-order valence-electron chi connectivity index (χ0n) is 16.7. The Morgan fingerprint density at radius 1 is 1.11 bits per heavy atom. The first-order valence-corrected chi connectivity index (χ1v) is 11.4. The van der Waals surface area contributed by atoms with Gasteiger partial charge in [0.05, 0.1) is 4.90 Å². The maximum atomic E-state index is 13.2. The highest BCUT2D eigenvalue weighted by Crippen LogP contribution is 2.38. The molecule has 0 spiro atoms. The molecule has 0 amide bonds. The van der Waals surface area contributed by atoms with E-state index in [0.717, 1.165) is 18.4 Å². The van der Waals surface area contributed by atoms with Crippen LogP contribution in [0.1, 0.15) is 30.9 Å². The SMILES string of the molecule is C=C[C@@H]1CN(S(=O)(=O)c2ccc(C)cc2)C[C@@H]1/C(=C\CCC)c1ccccc1. The third kappa shape index (κ3) is 4.29. The molecule has 2 atom stereocenters. The summed E-state index contributed by atoms with van der Waals surface area (Å²) in [6.07, 6.45) is 6.24. The first-order chi connectivity index (χ1) is 13.5. The highest BCUT2D eigenvalue weighted by atomic mass is 32.2. The van der Waals surface area contributed by atoms with E-state index in [2.05, 4.69) is 31.7 Å². The van der Waals surface area contributed by atoms with Gasteiger partial charge in [0, 0.05) is 19.0 Å². The van der Waals surface area contributed by atoms with Gasteiger partial charge in [0.25, 0.3) is 0 Å². The Balaban J connectivity index is 1.94. The molecule has 1 heterocycles. The summed E-state index contributed by atoms with van der Waals surface area (Å²) < 4.78 is 28.0. The standard InChI is InChI=1S/C24H29NO2S/c1-4-6-12-23(21-10-8-7-9-11-21)24-18-25(17-20(24)5-2)28(26,27)22-15-13-19(3)14-16-22/h5,7-16,20,24H,2,4,6,17-18H2,1,3H3/b23-12-/t20-,24+/m1/s1. The summed E-state index contributed by atoms with van der Waals surface area (Å²) in [5.41, 5.74) is 3.45. The van der Waals surface area contributed by atoms with Crippen LogP contribution in [0.15, 0.2) is 78.2 Å². The lowest BCUT2D eigenvalue weighted by Gasteiger charge is -2.20. The van der Waals surface area contributed by atoms with Gasteiger partial charge in [-0.05, 0) is 42.5 Å². The Morgan fingerprint density at radius 2 is 1.79 bits per heavy atom. The molecule has 0 unspecified atom stereocenters. The molecule has 2 aromatic rings. The number of rotatable bonds is 7. The summed E-state index contributed by atoms with van der Waals surface area (Å²) in [6.45, 7) is 9.08. The van der Waals surface area contributed by atoms with Crippen LogP contribution in [0, 0.1) is 18.8 Å². The minimum Gasteiger partial charge on any atom is -0.207 e. The summed E-state index contributed by atoms with van der Waals surface area (Å²) >= 11 is 0. The second-order valence-electron chi connectivity index (χ2n) is 7.46. The van der Waals surface area contributed by atoms with Crippen LogP contribution in [-0.4, -0.2) is 25.8 Å². The van der Waals surface area contributed by atoms with E-state index < -0.39 is 10.0 Å². The van der Waals surface area contributed by atoms with Crippen molar-refractivity contribution in [2.75, 3.05) is 13.1 Å². The second kappa shape index (κ2) is 8.89. The van der Waals surface area contributed by atoms with Crippen LogP contribution >= 0.6 is 0 Å². The van der Waals surface area contributed by atoms with Gasteiger partial charge in [0.15, 0.2) is 0 Å². The molecular formula is C24H29NO2S. The van der Waals surface area contributed by atoms with Crippen LogP contribution < -0.4 is 0 Å². The zero-order valence-corrected chi connectivity index (χ0v) is 17.5. The van der Waals surface area contributed by atoms with E-state index in [-0.39, 0.29) is 11.8 Å². The van der Waals surface area contributed by atoms with Gasteiger partial charge in [-0.25, -0.2) is 8.42 Å². The average molecular weight is 396 g/mol. The fourth-order valence-electron chi connectivity index (χ4n) is 3.83. The van der Waals surface area contributed by atoms with Gasteiger partial charge in [0.2, 0.25) is 10.0 Å². The van der Waals surface area contributed by atoms with Crippen molar-refractivity contribution in [2.24, 2.45) is 11.8 Å². The van der Waals surface area contributed by atoms with Gasteiger partial charge < -0.3 is 0 Å². The van der Waals surface area contributed by atoms with Gasteiger partial charge >= 0.3 is 0 Å². The minimum atomic E-state index is -3.51. The van der Waals surface area contributed by atoms with Crippen molar-refractivity contribution >= 4 is 15.6 Å². The maximum absolute atomic E-state index is 13.2. The molecule has 0 aliphatic carbocycles. The van der Waals surface area contributed by atoms with E-state index in [4.69, 9.17) is 0 Å². The number of nitrogens with zero attached hydrogens (tertiary/aromatic N) is 1. The third-order valence-electron chi connectivity index (χ3n) is 5.45. The van der Waals surface area contributed by atoms with Crippen LogP contribution in [0.25, 0.3) is 5.57 Å². The zero-order chi connectivity index (χ0) is 20.1. The summed E-state index contributed by atoms with van der Waals surface area (Å²) in [5, 5.41) is 0. The van der Waals surface area contributed by atoms with E-state index in [9.17, 15) is 8.42 Å². The molecular weight excluding hydrogens is 366 g/mol. The number of hydrogen-bond donors (Lipinski definition) is 0. The Labute approximate surface area is 169 Å². The maximum Gasteiger partial charge on any atom is 0.243 e. The molecule has 1 saturated heterocycles. The molecule has 0 radical (unpaired) electrons. The molecule has 148 valence electrons. The van der Waals surface area contributed by atoms with Crippen molar-refractivity contribution in [2.45, 2.75) is 31.6 Å². The van der Waals surface area contributed by atoms with Crippen molar-refractivity contribution in [3.05, 3.63) is 84.5 Å². The molecule has 0 saturated carbocycles. The smallest absolute Gasteiger partial charge is 0.207 e. The van der Waals surface area contributed by atoms with Crippen molar-refractivity contribution in [1.29, 1.82) is 0 Å². The Morgan fingerprint density at radius 3 is 2.39 bits per heavy atom. The Hall–Kier alpha value is -2.17. The van der Waals surface area contributed by atoms with Crippen LogP contribution in [0.4, 0.5) is 0 Å². The molecule has 0 N–H and O–H groups in total. The molecule has 2 aromatic carbocycles. The fourth-order valence-corrected chi connectivity index (χ4v) is 5.33. The van der Waals surface area contributed by atoms with Crippen LogP contribution in [0.2, 0.25) is 0 Å². The topological polar surface area (TPSA) is 37.4 Å². The highest BCUT2D eigenvalue weighted by Gasteiger charge is 2.39. The number of allylic oxidation sites excluding steroid dienone is 1. The van der Waals surface area contributed by atoms with Crippen molar-refractivity contribution in [3.63, 3.8) is 0 Å². The predicted molar refractivity (Wildman–Crippen MR) is 116 cm³/mol. The van der Waals surface area contributed by atoms with Crippen LogP contribution in [-0.2, 0) is 10.0 Å². The second-order valence-corrected chi connectivity index (χ2v) is 9.39. The first kappa shape index (κ1) is 20.6. The minimum absolute atomic E-state index is 0.100. The molecule has 0 bridgehead atoms. The highest BCUT2D eigenvalue weighted by molar-refractivity contribution is 7.89. The lowest BCUT2D eigenvalue weighted by atomic mass is 9.84. The van der Waals surface area contributed by atoms with Crippen molar-refractivity contribution < 1.29 is 8.42 Å². The predicted octanol–water partition coefficient (Wildman–Crippen LogP) is 5.30. The van der Waals surface area contributed by atoms with Gasteiger partial charge in [0.1, 0.15) is 0 Å². The molecule has 28 heavy (non-hydrogen) atoms. The molecule has 4 heteroatoms. The summed E-state index contributed by atoms with van der Waals surface area (Å²) in [4.78, 5) is 0.361. The first-order valence-electron chi connectivity index (χ1n) is 9.92. The number of sulfonamides is 1. The van der Waals surface area contributed by atoms with E-state index in [1.165, 1.54) is 11.1 Å². The molecule has 1 aliphatic heterocycles. The quantitative estimate of drug-likeness (QED) is 0.597. The van der Waals surface area contributed by atoms with Crippen molar-refractivity contribution in [3.8, 4) is 0 Å². The van der Waals surface area contributed by atoms with Crippen molar-refractivity contribution in [1.82, 2.24) is 4.31 Å². The Kier molecular flexibility index (Phi) is 6.53. The average Bonchev–Trinajstić information content (AvgIpc) is 3.14. The molecule has 1 aliphatic rings. The fraction of sp³-hybridized carbons (Fsp3) is 0.333.